The maximum absolute atomic E-state index is 12.9. The maximum Gasteiger partial charge on any atom is 0.417 e. The number of hydrogen-bond acceptors (Lipinski definition) is 4. The average molecular weight is 408 g/mol. The molecule has 5 nitrogen and oxygen atoms in total. The fourth-order valence-electron chi connectivity index (χ4n) is 2.15. The molecule has 0 fully saturated rings. The highest BCUT2D eigenvalue weighted by molar-refractivity contribution is 6.31. The van der Waals surface area contributed by atoms with Crippen molar-refractivity contribution in [1.82, 2.24) is 0 Å². The summed E-state index contributed by atoms with van der Waals surface area (Å²) in [6.07, 6.45) is -3.66. The number of carbonyl (C=O) groups excluding carboxylic acids is 2. The number of hydrogen-bond donors (Lipinski definition) is 2. The van der Waals surface area contributed by atoms with Crippen LogP contribution >= 0.6 is 11.6 Å². The minimum Gasteiger partial charge on any atom is -0.360 e. The van der Waals surface area contributed by atoms with Gasteiger partial charge in [-0.25, -0.2) is 0 Å². The molecule has 0 saturated carbocycles. The van der Waals surface area contributed by atoms with Gasteiger partial charge in [0, 0.05) is 23.1 Å². The van der Waals surface area contributed by atoms with E-state index in [4.69, 9.17) is 16.9 Å². The summed E-state index contributed by atoms with van der Waals surface area (Å²) < 4.78 is 38.7. The zero-order valence-corrected chi connectivity index (χ0v) is 15.2. The fourth-order valence-corrected chi connectivity index (χ4v) is 2.38. The number of nitriles is 1. The van der Waals surface area contributed by atoms with E-state index in [0.717, 1.165) is 18.3 Å². The molecule has 0 saturated heterocycles. The van der Waals surface area contributed by atoms with Gasteiger partial charge in [-0.2, -0.15) is 18.4 Å². The maximum atomic E-state index is 12.9. The molecule has 0 spiro atoms. The monoisotopic (exact) mass is 407 g/mol. The van der Waals surface area contributed by atoms with Crippen LogP contribution in [0.5, 0.6) is 0 Å². The van der Waals surface area contributed by atoms with Gasteiger partial charge in [-0.1, -0.05) is 23.7 Å². The molecule has 0 radical (unpaired) electrons. The van der Waals surface area contributed by atoms with Crippen LogP contribution in [0.2, 0.25) is 5.02 Å². The van der Waals surface area contributed by atoms with E-state index in [0.29, 0.717) is 11.3 Å². The lowest BCUT2D eigenvalue weighted by atomic mass is 10.1. The summed E-state index contributed by atoms with van der Waals surface area (Å²) in [5.41, 5.74) is -0.756. The Balaban J connectivity index is 2.18. The number of Topliss-reactive ketones (excluding diaryl/α,β-unsaturated/α-hetero) is 1. The van der Waals surface area contributed by atoms with Crippen molar-refractivity contribution in [3.05, 3.63) is 70.4 Å². The molecule has 0 heterocycles. The Labute approximate surface area is 163 Å². The van der Waals surface area contributed by atoms with Crippen molar-refractivity contribution in [3.63, 3.8) is 0 Å². The summed E-state index contributed by atoms with van der Waals surface area (Å²) in [6, 6.07) is 10.9. The zero-order chi connectivity index (χ0) is 20.9. The SMILES string of the molecule is CC(=O)c1cccc(NC(=O)/C(C#N)=C\Nc2ccc(Cl)c(C(F)(F)F)c2)c1. The molecule has 0 bridgehead atoms. The lowest BCUT2D eigenvalue weighted by molar-refractivity contribution is -0.137. The standard InChI is InChI=1S/C19H13ClF3N3O2/c1-11(27)12-3-2-4-15(7-12)26-18(28)13(9-24)10-25-14-5-6-17(20)16(8-14)19(21,22)23/h2-8,10,25H,1H3,(H,26,28)/b13-10-. The number of halogens is 4. The van der Waals surface area contributed by atoms with Gasteiger partial charge in [-0.3, -0.25) is 9.59 Å². The molecule has 2 aromatic rings. The van der Waals surface area contributed by atoms with Crippen molar-refractivity contribution < 1.29 is 22.8 Å². The number of nitrogens with zero attached hydrogens (tertiary/aromatic N) is 1. The Kier molecular flexibility index (Phi) is 6.44. The van der Waals surface area contributed by atoms with Gasteiger partial charge < -0.3 is 10.6 Å². The van der Waals surface area contributed by atoms with E-state index in [1.165, 1.54) is 25.1 Å². The van der Waals surface area contributed by atoms with Gasteiger partial charge >= 0.3 is 6.18 Å². The molecule has 0 unspecified atom stereocenters. The summed E-state index contributed by atoms with van der Waals surface area (Å²) in [7, 11) is 0. The van der Waals surface area contributed by atoms with Gasteiger partial charge in [0.15, 0.2) is 5.78 Å². The Hall–Kier alpha value is -3.31. The molecule has 0 aromatic heterocycles. The van der Waals surface area contributed by atoms with Crippen LogP contribution < -0.4 is 10.6 Å². The highest BCUT2D eigenvalue weighted by Crippen LogP contribution is 2.36. The predicted octanol–water partition coefficient (Wildman–Crippen LogP) is 5.02. The van der Waals surface area contributed by atoms with Crippen LogP contribution in [-0.2, 0) is 11.0 Å². The van der Waals surface area contributed by atoms with E-state index in [1.807, 2.05) is 0 Å². The molecule has 2 N–H and O–H groups in total. The number of rotatable bonds is 5. The van der Waals surface area contributed by atoms with Gasteiger partial charge in [0.1, 0.15) is 11.6 Å². The molecule has 9 heteroatoms. The summed E-state index contributed by atoms with van der Waals surface area (Å²) in [5, 5.41) is 13.6. The molecule has 2 aromatic carbocycles. The molecule has 1 amide bonds. The smallest absolute Gasteiger partial charge is 0.360 e. The van der Waals surface area contributed by atoms with E-state index < -0.39 is 22.7 Å². The van der Waals surface area contributed by atoms with Crippen molar-refractivity contribution in [2.45, 2.75) is 13.1 Å². The first-order valence-corrected chi connectivity index (χ1v) is 8.15. The van der Waals surface area contributed by atoms with Crippen molar-refractivity contribution in [1.29, 1.82) is 5.26 Å². The molecular formula is C19H13ClF3N3O2. The molecule has 0 aliphatic carbocycles. The van der Waals surface area contributed by atoms with Gasteiger partial charge in [0.05, 0.1) is 10.6 Å². The average Bonchev–Trinajstić information content (AvgIpc) is 2.62. The summed E-state index contributed by atoms with van der Waals surface area (Å²) in [4.78, 5) is 23.6. The van der Waals surface area contributed by atoms with Crippen LogP contribution in [0.25, 0.3) is 0 Å². The third-order valence-corrected chi connectivity index (χ3v) is 3.88. The predicted molar refractivity (Wildman–Crippen MR) is 98.8 cm³/mol. The summed E-state index contributed by atoms with van der Waals surface area (Å²) in [6.45, 7) is 1.37. The summed E-state index contributed by atoms with van der Waals surface area (Å²) in [5.74, 6) is -0.988. The first-order chi connectivity index (χ1) is 13.1. The molecule has 2 rings (SSSR count). The molecule has 0 aliphatic rings. The third kappa shape index (κ3) is 5.34. The van der Waals surface area contributed by atoms with Crippen molar-refractivity contribution in [3.8, 4) is 6.07 Å². The second-order valence-electron chi connectivity index (χ2n) is 5.60. The Morgan fingerprint density at radius 2 is 1.86 bits per heavy atom. The van der Waals surface area contributed by atoms with Gasteiger partial charge in [0.25, 0.3) is 5.91 Å². The molecule has 28 heavy (non-hydrogen) atoms. The van der Waals surface area contributed by atoms with Crippen molar-refractivity contribution in [2.24, 2.45) is 0 Å². The quantitative estimate of drug-likeness (QED) is 0.414. The second-order valence-corrected chi connectivity index (χ2v) is 6.00. The van der Waals surface area contributed by atoms with E-state index >= 15 is 0 Å². The largest absolute Gasteiger partial charge is 0.417 e. The first kappa shape index (κ1) is 21.0. The lowest BCUT2D eigenvalue weighted by Gasteiger charge is -2.11. The van der Waals surface area contributed by atoms with Crippen LogP contribution in [0.3, 0.4) is 0 Å². The van der Waals surface area contributed by atoms with E-state index in [9.17, 15) is 22.8 Å². The van der Waals surface area contributed by atoms with Crippen LogP contribution in [-0.4, -0.2) is 11.7 Å². The first-order valence-electron chi connectivity index (χ1n) is 7.77. The van der Waals surface area contributed by atoms with Crippen molar-refractivity contribution in [2.75, 3.05) is 10.6 Å². The van der Waals surface area contributed by atoms with Gasteiger partial charge in [0.2, 0.25) is 0 Å². The van der Waals surface area contributed by atoms with E-state index in [1.54, 1.807) is 18.2 Å². The lowest BCUT2D eigenvalue weighted by Crippen LogP contribution is -2.15. The highest BCUT2D eigenvalue weighted by Gasteiger charge is 2.33. The Morgan fingerprint density at radius 3 is 2.46 bits per heavy atom. The van der Waals surface area contributed by atoms with Crippen LogP contribution in [0.1, 0.15) is 22.8 Å². The second kappa shape index (κ2) is 8.59. The number of amides is 1. The summed E-state index contributed by atoms with van der Waals surface area (Å²) >= 11 is 5.54. The fraction of sp³-hybridized carbons (Fsp3) is 0.105. The Bertz CT molecular complexity index is 995. The minimum atomic E-state index is -4.64. The number of alkyl halides is 3. The Morgan fingerprint density at radius 1 is 1.14 bits per heavy atom. The van der Waals surface area contributed by atoms with Gasteiger partial charge in [-0.15, -0.1) is 0 Å². The van der Waals surface area contributed by atoms with Crippen LogP contribution in [0.15, 0.2) is 54.2 Å². The zero-order valence-electron chi connectivity index (χ0n) is 14.4. The number of benzene rings is 2. The number of nitrogens with one attached hydrogen (secondary N) is 2. The van der Waals surface area contributed by atoms with E-state index in [-0.39, 0.29) is 17.0 Å². The van der Waals surface area contributed by atoms with Crippen LogP contribution in [0, 0.1) is 11.3 Å². The minimum absolute atomic E-state index is 0.00384. The molecule has 0 atom stereocenters. The van der Waals surface area contributed by atoms with Crippen LogP contribution in [0.4, 0.5) is 24.5 Å². The molecule has 144 valence electrons. The number of anilines is 2. The number of ketones is 1. The van der Waals surface area contributed by atoms with E-state index in [2.05, 4.69) is 10.6 Å². The third-order valence-electron chi connectivity index (χ3n) is 3.55. The molecule has 0 aliphatic heterocycles. The normalized spacial score (nSPS) is 11.5. The van der Waals surface area contributed by atoms with Crippen molar-refractivity contribution >= 4 is 34.7 Å². The topological polar surface area (TPSA) is 82.0 Å². The highest BCUT2D eigenvalue weighted by atomic mass is 35.5. The number of carbonyl (C=O) groups is 2. The van der Waals surface area contributed by atoms with Gasteiger partial charge in [-0.05, 0) is 37.3 Å². The molecular weight excluding hydrogens is 395 g/mol.